The summed E-state index contributed by atoms with van der Waals surface area (Å²) in [6, 6.07) is 0.368. The van der Waals surface area contributed by atoms with Gasteiger partial charge in [-0.05, 0) is 19.8 Å². The van der Waals surface area contributed by atoms with E-state index >= 15 is 0 Å². The number of hydrogen-bond donors (Lipinski definition) is 1. The quantitative estimate of drug-likeness (QED) is 0.915. The average molecular weight is 277 g/mol. The molecule has 2 heterocycles. The van der Waals surface area contributed by atoms with E-state index in [0.29, 0.717) is 12.0 Å². The molecule has 1 saturated heterocycles. The first-order chi connectivity index (χ1) is 9.75. The van der Waals surface area contributed by atoms with Crippen LogP contribution in [0, 0.1) is 0 Å². The third kappa shape index (κ3) is 2.88. The van der Waals surface area contributed by atoms with E-state index in [1.165, 1.54) is 32.1 Å². The lowest BCUT2D eigenvalue weighted by Gasteiger charge is -2.31. The van der Waals surface area contributed by atoms with Crippen molar-refractivity contribution >= 4 is 0 Å². The summed E-state index contributed by atoms with van der Waals surface area (Å²) in [6.45, 7) is 6.63. The molecule has 1 saturated carbocycles. The van der Waals surface area contributed by atoms with E-state index in [1.54, 1.807) is 0 Å². The van der Waals surface area contributed by atoms with Gasteiger partial charge in [0.2, 0.25) is 0 Å². The Morgan fingerprint density at radius 3 is 2.55 bits per heavy atom. The molecule has 5 heteroatoms. The summed E-state index contributed by atoms with van der Waals surface area (Å²) in [5, 5.41) is 8.12. The molecule has 0 amide bonds. The van der Waals surface area contributed by atoms with Crippen LogP contribution in [0.15, 0.2) is 0 Å². The summed E-state index contributed by atoms with van der Waals surface area (Å²) in [6.07, 6.45) is 6.60. The molecule has 1 aromatic rings. The van der Waals surface area contributed by atoms with Crippen molar-refractivity contribution in [2.75, 3.05) is 26.2 Å². The van der Waals surface area contributed by atoms with Crippen LogP contribution >= 0.6 is 0 Å². The van der Waals surface area contributed by atoms with E-state index in [9.17, 15) is 0 Å². The van der Waals surface area contributed by atoms with Gasteiger partial charge < -0.3 is 5.32 Å². The van der Waals surface area contributed by atoms with E-state index < -0.39 is 0 Å². The molecule has 5 nitrogen and oxygen atoms in total. The van der Waals surface area contributed by atoms with Gasteiger partial charge in [0, 0.05) is 39.1 Å². The van der Waals surface area contributed by atoms with Crippen LogP contribution in [0.25, 0.3) is 0 Å². The lowest BCUT2D eigenvalue weighted by atomic mass is 9.89. The first-order valence-electron chi connectivity index (χ1n) is 8.11. The van der Waals surface area contributed by atoms with Crippen molar-refractivity contribution < 1.29 is 0 Å². The van der Waals surface area contributed by atoms with Crippen LogP contribution in [-0.4, -0.2) is 45.8 Å². The van der Waals surface area contributed by atoms with E-state index in [-0.39, 0.29) is 0 Å². The molecule has 0 spiro atoms. The molecular weight excluding hydrogens is 250 g/mol. The highest BCUT2D eigenvalue weighted by Gasteiger charge is 2.25. The van der Waals surface area contributed by atoms with Gasteiger partial charge in [-0.25, -0.2) is 4.98 Å². The maximum Gasteiger partial charge on any atom is 0.154 e. The van der Waals surface area contributed by atoms with Gasteiger partial charge in [-0.15, -0.1) is 0 Å². The molecule has 0 radical (unpaired) electrons. The van der Waals surface area contributed by atoms with Crippen molar-refractivity contribution in [1.82, 2.24) is 25.0 Å². The van der Waals surface area contributed by atoms with Gasteiger partial charge in [-0.1, -0.05) is 19.3 Å². The zero-order chi connectivity index (χ0) is 13.9. The van der Waals surface area contributed by atoms with Crippen molar-refractivity contribution in [3.05, 3.63) is 11.6 Å². The molecule has 112 valence electrons. The molecule has 1 unspecified atom stereocenters. The summed E-state index contributed by atoms with van der Waals surface area (Å²) in [5.41, 5.74) is 0. The molecule has 1 aromatic heterocycles. The largest absolute Gasteiger partial charge is 0.314 e. The number of nitrogens with one attached hydrogen (secondary N) is 1. The lowest BCUT2D eigenvalue weighted by Crippen LogP contribution is -2.45. The second-order valence-corrected chi connectivity index (χ2v) is 6.25. The molecule has 20 heavy (non-hydrogen) atoms. The van der Waals surface area contributed by atoms with Gasteiger partial charge in [-0.2, -0.15) is 5.10 Å². The maximum atomic E-state index is 4.90. The van der Waals surface area contributed by atoms with Gasteiger partial charge in [0.15, 0.2) is 5.82 Å². The Labute approximate surface area is 121 Å². The van der Waals surface area contributed by atoms with Crippen LogP contribution in [0.1, 0.15) is 62.6 Å². The lowest BCUT2D eigenvalue weighted by molar-refractivity contribution is 0.176. The van der Waals surface area contributed by atoms with Gasteiger partial charge in [0.05, 0.1) is 6.04 Å². The molecule has 2 aliphatic rings. The molecule has 0 bridgehead atoms. The number of piperazine rings is 1. The summed E-state index contributed by atoms with van der Waals surface area (Å²) < 4.78 is 2.01. The van der Waals surface area contributed by atoms with E-state index in [2.05, 4.69) is 17.1 Å². The van der Waals surface area contributed by atoms with Crippen LogP contribution < -0.4 is 5.32 Å². The number of aromatic nitrogens is 3. The van der Waals surface area contributed by atoms with Crippen molar-refractivity contribution in [2.45, 2.75) is 51.0 Å². The average Bonchev–Trinajstić information content (AvgIpc) is 2.90. The van der Waals surface area contributed by atoms with Gasteiger partial charge >= 0.3 is 0 Å². The minimum absolute atomic E-state index is 0.368. The number of nitrogens with zero attached hydrogens (tertiary/aromatic N) is 4. The second kappa shape index (κ2) is 6.22. The van der Waals surface area contributed by atoms with Crippen LogP contribution in [0.2, 0.25) is 0 Å². The minimum Gasteiger partial charge on any atom is -0.314 e. The van der Waals surface area contributed by atoms with Crippen molar-refractivity contribution in [3.8, 4) is 0 Å². The fourth-order valence-corrected chi connectivity index (χ4v) is 3.55. The third-order valence-corrected chi connectivity index (χ3v) is 4.86. The molecular formula is C15H27N5. The standard InChI is InChI=1S/C15H27N5/c1-12(20-10-8-16-9-11-20)15-17-14(18-19(15)2)13-6-4-3-5-7-13/h12-13,16H,3-11H2,1-2H3. The summed E-state index contributed by atoms with van der Waals surface area (Å²) in [4.78, 5) is 7.40. The normalized spacial score (nSPS) is 23.9. The van der Waals surface area contributed by atoms with Crippen molar-refractivity contribution in [2.24, 2.45) is 7.05 Å². The Bertz CT molecular complexity index is 429. The second-order valence-electron chi connectivity index (χ2n) is 6.25. The topological polar surface area (TPSA) is 46.0 Å². The highest BCUT2D eigenvalue weighted by atomic mass is 15.4. The molecule has 1 N–H and O–H groups in total. The first-order valence-corrected chi connectivity index (χ1v) is 8.11. The molecule has 1 atom stereocenters. The van der Waals surface area contributed by atoms with Gasteiger partial charge in [0.1, 0.15) is 5.82 Å². The third-order valence-electron chi connectivity index (χ3n) is 4.86. The van der Waals surface area contributed by atoms with E-state index in [1.807, 2.05) is 11.7 Å². The van der Waals surface area contributed by atoms with E-state index in [4.69, 9.17) is 10.1 Å². The predicted molar refractivity (Wildman–Crippen MR) is 79.7 cm³/mol. The Kier molecular flexibility index (Phi) is 4.36. The highest BCUT2D eigenvalue weighted by molar-refractivity contribution is 5.04. The van der Waals surface area contributed by atoms with Crippen LogP contribution in [0.3, 0.4) is 0 Å². The zero-order valence-electron chi connectivity index (χ0n) is 12.8. The van der Waals surface area contributed by atoms with Crippen LogP contribution in [-0.2, 0) is 7.05 Å². The zero-order valence-corrected chi connectivity index (χ0v) is 12.8. The Morgan fingerprint density at radius 1 is 1.15 bits per heavy atom. The van der Waals surface area contributed by atoms with Crippen molar-refractivity contribution in [1.29, 1.82) is 0 Å². The number of hydrogen-bond acceptors (Lipinski definition) is 4. The Morgan fingerprint density at radius 2 is 1.85 bits per heavy atom. The fourth-order valence-electron chi connectivity index (χ4n) is 3.55. The number of aryl methyl sites for hydroxylation is 1. The Balaban J connectivity index is 1.73. The van der Waals surface area contributed by atoms with Gasteiger partial charge in [0.25, 0.3) is 0 Å². The molecule has 2 fully saturated rings. The fraction of sp³-hybridized carbons (Fsp3) is 0.867. The molecule has 0 aromatic carbocycles. The monoisotopic (exact) mass is 277 g/mol. The van der Waals surface area contributed by atoms with Crippen LogP contribution in [0.4, 0.5) is 0 Å². The summed E-state index contributed by atoms with van der Waals surface area (Å²) >= 11 is 0. The molecule has 3 rings (SSSR count). The predicted octanol–water partition coefficient (Wildman–Crippen LogP) is 1.83. The van der Waals surface area contributed by atoms with E-state index in [0.717, 1.165) is 37.8 Å². The Hall–Kier alpha value is -0.940. The van der Waals surface area contributed by atoms with Crippen molar-refractivity contribution in [3.63, 3.8) is 0 Å². The molecule has 1 aliphatic carbocycles. The molecule has 1 aliphatic heterocycles. The van der Waals surface area contributed by atoms with Crippen LogP contribution in [0.5, 0.6) is 0 Å². The van der Waals surface area contributed by atoms with Gasteiger partial charge in [-0.3, -0.25) is 9.58 Å². The summed E-state index contributed by atoms with van der Waals surface area (Å²) in [5.74, 6) is 2.82. The minimum atomic E-state index is 0.368. The first kappa shape index (κ1) is 14.0. The smallest absolute Gasteiger partial charge is 0.154 e. The highest BCUT2D eigenvalue weighted by Crippen LogP contribution is 2.31. The summed E-state index contributed by atoms with van der Waals surface area (Å²) in [7, 11) is 2.05. The maximum absolute atomic E-state index is 4.90. The number of rotatable bonds is 3. The SMILES string of the molecule is CC(c1nc(C2CCCCC2)nn1C)N1CCNCC1.